The first-order valence-corrected chi connectivity index (χ1v) is 11.1. The van der Waals surface area contributed by atoms with Crippen LogP contribution in [-0.4, -0.2) is 39.5 Å². The van der Waals surface area contributed by atoms with E-state index in [4.69, 9.17) is 9.72 Å². The summed E-state index contributed by atoms with van der Waals surface area (Å²) in [5, 5.41) is 4.02. The van der Waals surface area contributed by atoms with E-state index in [1.165, 1.54) is 24.6 Å². The molecule has 4 rings (SSSR count). The van der Waals surface area contributed by atoms with Crippen molar-refractivity contribution in [3.63, 3.8) is 0 Å². The van der Waals surface area contributed by atoms with E-state index < -0.39 is 0 Å². The summed E-state index contributed by atoms with van der Waals surface area (Å²) in [5.41, 5.74) is 0.606. The van der Waals surface area contributed by atoms with Crippen LogP contribution < -0.4 is 10.9 Å². The average molecular weight is 402 g/mol. The maximum absolute atomic E-state index is 13.1. The van der Waals surface area contributed by atoms with Crippen molar-refractivity contribution < 1.29 is 9.53 Å². The van der Waals surface area contributed by atoms with E-state index in [1.807, 2.05) is 25.1 Å². The van der Waals surface area contributed by atoms with Crippen molar-refractivity contribution in [1.82, 2.24) is 14.9 Å². The second kappa shape index (κ2) is 8.66. The lowest BCUT2D eigenvalue weighted by Crippen LogP contribution is -2.38. The lowest BCUT2D eigenvalue weighted by Gasteiger charge is -2.19. The summed E-state index contributed by atoms with van der Waals surface area (Å²) in [6, 6.07) is 7.67. The summed E-state index contributed by atoms with van der Waals surface area (Å²) in [6.45, 7) is 3.10. The summed E-state index contributed by atoms with van der Waals surface area (Å²) in [5.74, 6) is 0.0166. The number of carbonyl (C=O) groups excluding carboxylic acids is 1. The van der Waals surface area contributed by atoms with Crippen molar-refractivity contribution in [3.8, 4) is 0 Å². The highest BCUT2D eigenvalue weighted by atomic mass is 32.2. The van der Waals surface area contributed by atoms with Crippen LogP contribution in [0.4, 0.5) is 0 Å². The van der Waals surface area contributed by atoms with E-state index in [0.717, 1.165) is 32.3 Å². The molecule has 150 valence electrons. The number of hydrogen-bond acceptors (Lipinski definition) is 5. The molecule has 0 unspecified atom stereocenters. The number of nitrogens with zero attached hydrogens (tertiary/aromatic N) is 2. The normalized spacial score (nSPS) is 21.2. The molecule has 0 radical (unpaired) electrons. The maximum atomic E-state index is 13.1. The van der Waals surface area contributed by atoms with Crippen molar-refractivity contribution in [2.75, 3.05) is 6.61 Å². The molecule has 1 aromatic carbocycles. The van der Waals surface area contributed by atoms with Gasteiger partial charge in [-0.3, -0.25) is 14.2 Å². The van der Waals surface area contributed by atoms with Gasteiger partial charge in [0.2, 0.25) is 5.91 Å². The van der Waals surface area contributed by atoms with E-state index in [2.05, 4.69) is 5.32 Å². The predicted octanol–water partition coefficient (Wildman–Crippen LogP) is 3.11. The summed E-state index contributed by atoms with van der Waals surface area (Å²) < 4.78 is 7.44. The minimum atomic E-state index is -0.315. The quantitative estimate of drug-likeness (QED) is 0.595. The molecule has 1 saturated heterocycles. The van der Waals surface area contributed by atoms with Crippen LogP contribution in [0.1, 0.15) is 45.4 Å². The topological polar surface area (TPSA) is 73.2 Å². The summed E-state index contributed by atoms with van der Waals surface area (Å²) in [6.07, 6.45) is 6.47. The molecule has 0 spiro atoms. The van der Waals surface area contributed by atoms with Gasteiger partial charge in [0.25, 0.3) is 5.56 Å². The molecule has 6 nitrogen and oxygen atoms in total. The van der Waals surface area contributed by atoms with Gasteiger partial charge in [-0.15, -0.1) is 0 Å². The number of rotatable bonds is 6. The molecule has 2 aromatic rings. The molecule has 1 amide bonds. The minimum Gasteiger partial charge on any atom is -0.376 e. The van der Waals surface area contributed by atoms with E-state index >= 15 is 0 Å². The van der Waals surface area contributed by atoms with Crippen molar-refractivity contribution in [1.29, 1.82) is 0 Å². The van der Waals surface area contributed by atoms with Crippen molar-refractivity contribution in [2.24, 2.45) is 0 Å². The SMILES string of the molecule is C[C@H](Sc1nc2ccccc2c(=O)n1C[C@H]1CCCO1)C(=O)NC1CCCC1. The Kier molecular flexibility index (Phi) is 6.01. The number of carbonyl (C=O) groups is 1. The average Bonchev–Trinajstić information content (AvgIpc) is 3.39. The Morgan fingerprint density at radius 2 is 2.07 bits per heavy atom. The molecule has 2 heterocycles. The van der Waals surface area contributed by atoms with Crippen LogP contribution in [0.25, 0.3) is 10.9 Å². The first kappa shape index (κ1) is 19.5. The predicted molar refractivity (Wildman–Crippen MR) is 111 cm³/mol. The molecule has 1 aromatic heterocycles. The van der Waals surface area contributed by atoms with Gasteiger partial charge in [-0.1, -0.05) is 36.7 Å². The standard InChI is InChI=1S/C21H27N3O3S/c1-14(19(25)22-15-7-2-3-8-15)28-21-23-18-11-5-4-10-17(18)20(26)24(21)13-16-9-6-12-27-16/h4-5,10-11,14-16H,2-3,6-9,12-13H2,1H3,(H,22,25)/t14-,16+/m0/s1. The van der Waals surface area contributed by atoms with Gasteiger partial charge in [0.05, 0.1) is 28.8 Å². The highest BCUT2D eigenvalue weighted by molar-refractivity contribution is 8.00. The third-order valence-corrected chi connectivity index (χ3v) is 6.68. The van der Waals surface area contributed by atoms with Crippen LogP contribution in [0, 0.1) is 0 Å². The van der Waals surface area contributed by atoms with Gasteiger partial charge < -0.3 is 10.1 Å². The molecule has 1 aliphatic carbocycles. The number of para-hydroxylation sites is 1. The molecule has 1 aliphatic heterocycles. The highest BCUT2D eigenvalue weighted by Crippen LogP contribution is 2.25. The molecule has 1 N–H and O–H groups in total. The van der Waals surface area contributed by atoms with Gasteiger partial charge in [-0.05, 0) is 44.7 Å². The zero-order chi connectivity index (χ0) is 19.5. The molecule has 2 aliphatic rings. The number of amides is 1. The van der Waals surface area contributed by atoms with Crippen molar-refractivity contribution in [3.05, 3.63) is 34.6 Å². The van der Waals surface area contributed by atoms with Gasteiger partial charge in [0.15, 0.2) is 5.16 Å². The van der Waals surface area contributed by atoms with Crippen LogP contribution in [0.3, 0.4) is 0 Å². The van der Waals surface area contributed by atoms with Crippen LogP contribution in [0.2, 0.25) is 0 Å². The molecule has 2 fully saturated rings. The smallest absolute Gasteiger partial charge is 0.262 e. The van der Waals surface area contributed by atoms with Crippen molar-refractivity contribution in [2.45, 2.75) is 74.5 Å². The number of thioether (sulfide) groups is 1. The molecular formula is C21H27N3O3S. The fraction of sp³-hybridized carbons (Fsp3) is 0.571. The fourth-order valence-electron chi connectivity index (χ4n) is 3.99. The van der Waals surface area contributed by atoms with E-state index in [0.29, 0.717) is 22.6 Å². The lowest BCUT2D eigenvalue weighted by molar-refractivity contribution is -0.120. The van der Waals surface area contributed by atoms with Crippen LogP contribution >= 0.6 is 11.8 Å². The van der Waals surface area contributed by atoms with Gasteiger partial charge >= 0.3 is 0 Å². The van der Waals surface area contributed by atoms with Gasteiger partial charge in [-0.2, -0.15) is 0 Å². The number of ether oxygens (including phenoxy) is 1. The molecule has 28 heavy (non-hydrogen) atoms. The Bertz CT molecular complexity index is 901. The summed E-state index contributed by atoms with van der Waals surface area (Å²) >= 11 is 1.36. The lowest BCUT2D eigenvalue weighted by atomic mass is 10.2. The van der Waals surface area contributed by atoms with Crippen LogP contribution in [0.15, 0.2) is 34.2 Å². The van der Waals surface area contributed by atoms with E-state index in [1.54, 1.807) is 10.6 Å². The first-order valence-electron chi connectivity index (χ1n) is 10.2. The summed E-state index contributed by atoms with van der Waals surface area (Å²) in [7, 11) is 0. The Morgan fingerprint density at radius 3 is 2.82 bits per heavy atom. The third-order valence-electron chi connectivity index (χ3n) is 5.59. The molecule has 0 bridgehead atoms. The monoisotopic (exact) mass is 401 g/mol. The molecule has 7 heteroatoms. The van der Waals surface area contributed by atoms with Gasteiger partial charge in [0, 0.05) is 12.6 Å². The number of fused-ring (bicyclic) bond motifs is 1. The third kappa shape index (κ3) is 4.25. The molecule has 2 atom stereocenters. The highest BCUT2D eigenvalue weighted by Gasteiger charge is 2.25. The largest absolute Gasteiger partial charge is 0.376 e. The number of aromatic nitrogens is 2. The Hall–Kier alpha value is -1.86. The molecular weight excluding hydrogens is 374 g/mol. The number of hydrogen-bond donors (Lipinski definition) is 1. The maximum Gasteiger partial charge on any atom is 0.262 e. The second-order valence-electron chi connectivity index (χ2n) is 7.71. The Balaban J connectivity index is 1.60. The first-order chi connectivity index (χ1) is 13.6. The van der Waals surface area contributed by atoms with Crippen molar-refractivity contribution >= 4 is 28.6 Å². The van der Waals surface area contributed by atoms with Gasteiger partial charge in [0.1, 0.15) is 0 Å². The minimum absolute atomic E-state index is 0.0166. The molecule has 1 saturated carbocycles. The number of benzene rings is 1. The second-order valence-corrected chi connectivity index (χ2v) is 9.02. The Morgan fingerprint density at radius 1 is 1.29 bits per heavy atom. The zero-order valence-electron chi connectivity index (χ0n) is 16.2. The van der Waals surface area contributed by atoms with Crippen LogP contribution in [-0.2, 0) is 16.1 Å². The fourth-order valence-corrected chi connectivity index (χ4v) is 4.92. The van der Waals surface area contributed by atoms with E-state index in [9.17, 15) is 9.59 Å². The van der Waals surface area contributed by atoms with Gasteiger partial charge in [-0.25, -0.2) is 4.98 Å². The Labute approximate surface area is 169 Å². The zero-order valence-corrected chi connectivity index (χ0v) is 17.0. The van der Waals surface area contributed by atoms with E-state index in [-0.39, 0.29) is 28.9 Å². The van der Waals surface area contributed by atoms with Crippen LogP contribution in [0.5, 0.6) is 0 Å². The summed E-state index contributed by atoms with van der Waals surface area (Å²) in [4.78, 5) is 30.5. The number of nitrogens with one attached hydrogen (secondary N) is 1.